The van der Waals surface area contributed by atoms with Gasteiger partial charge in [-0.2, -0.15) is 0 Å². The van der Waals surface area contributed by atoms with Crippen molar-refractivity contribution in [2.24, 2.45) is 0 Å². The summed E-state index contributed by atoms with van der Waals surface area (Å²) in [5, 5.41) is 5.61. The SMILES string of the molecule is Cc1ccc(NS(C)(=O)=O)cc1NC(=O)NCCN1CCCCC1. The Labute approximate surface area is 143 Å². The first-order valence-electron chi connectivity index (χ1n) is 8.19. The number of nitrogens with zero attached hydrogens (tertiary/aromatic N) is 1. The third-order valence-corrected chi connectivity index (χ3v) is 4.56. The second kappa shape index (κ2) is 8.34. The molecule has 0 saturated carbocycles. The quantitative estimate of drug-likeness (QED) is 0.728. The summed E-state index contributed by atoms with van der Waals surface area (Å²) >= 11 is 0. The average Bonchev–Trinajstić information content (AvgIpc) is 2.50. The zero-order valence-corrected chi connectivity index (χ0v) is 15.1. The maximum Gasteiger partial charge on any atom is 0.319 e. The molecule has 1 fully saturated rings. The molecule has 1 aliphatic rings. The largest absolute Gasteiger partial charge is 0.337 e. The summed E-state index contributed by atoms with van der Waals surface area (Å²) in [5.74, 6) is 0. The number of carbonyl (C=O) groups is 1. The number of hydrogen-bond acceptors (Lipinski definition) is 4. The Balaban J connectivity index is 1.85. The average molecular weight is 354 g/mol. The van der Waals surface area contributed by atoms with Crippen LogP contribution in [0.15, 0.2) is 18.2 Å². The van der Waals surface area contributed by atoms with Crippen molar-refractivity contribution < 1.29 is 13.2 Å². The number of nitrogens with one attached hydrogen (secondary N) is 3. The van der Waals surface area contributed by atoms with E-state index >= 15 is 0 Å². The number of rotatable bonds is 6. The molecule has 7 nitrogen and oxygen atoms in total. The minimum atomic E-state index is -3.35. The fourth-order valence-electron chi connectivity index (χ4n) is 2.71. The molecule has 0 radical (unpaired) electrons. The van der Waals surface area contributed by atoms with Gasteiger partial charge in [-0.3, -0.25) is 4.72 Å². The van der Waals surface area contributed by atoms with Gasteiger partial charge in [-0.15, -0.1) is 0 Å². The number of hydrogen-bond donors (Lipinski definition) is 3. The van der Waals surface area contributed by atoms with Crippen molar-refractivity contribution in [1.29, 1.82) is 0 Å². The highest BCUT2D eigenvalue weighted by Gasteiger charge is 2.11. The van der Waals surface area contributed by atoms with Crippen LogP contribution >= 0.6 is 0 Å². The van der Waals surface area contributed by atoms with E-state index in [-0.39, 0.29) is 6.03 Å². The van der Waals surface area contributed by atoms with Gasteiger partial charge in [0.1, 0.15) is 0 Å². The lowest BCUT2D eigenvalue weighted by Crippen LogP contribution is -2.39. The van der Waals surface area contributed by atoms with Crippen LogP contribution in [-0.4, -0.2) is 51.8 Å². The van der Waals surface area contributed by atoms with Crippen molar-refractivity contribution in [2.75, 3.05) is 42.5 Å². The standard InChI is InChI=1S/C16H26N4O3S/c1-13-6-7-14(19-24(2,22)23)12-15(13)18-16(21)17-8-11-20-9-4-3-5-10-20/h6-7,12,19H,3-5,8-11H2,1-2H3,(H2,17,18,21). The Kier molecular flexibility index (Phi) is 6.44. The van der Waals surface area contributed by atoms with E-state index in [0.29, 0.717) is 17.9 Å². The molecule has 0 atom stereocenters. The lowest BCUT2D eigenvalue weighted by Gasteiger charge is -2.26. The van der Waals surface area contributed by atoms with Crippen LogP contribution in [0.25, 0.3) is 0 Å². The van der Waals surface area contributed by atoms with Crippen LogP contribution in [0.1, 0.15) is 24.8 Å². The van der Waals surface area contributed by atoms with Crippen LogP contribution in [0.3, 0.4) is 0 Å². The molecule has 0 bridgehead atoms. The highest BCUT2D eigenvalue weighted by atomic mass is 32.2. The highest BCUT2D eigenvalue weighted by Crippen LogP contribution is 2.20. The molecule has 1 aromatic rings. The topological polar surface area (TPSA) is 90.5 Å². The van der Waals surface area contributed by atoms with Gasteiger partial charge in [-0.1, -0.05) is 12.5 Å². The van der Waals surface area contributed by atoms with Crippen LogP contribution in [0.5, 0.6) is 0 Å². The molecule has 0 aromatic heterocycles. The van der Waals surface area contributed by atoms with E-state index in [9.17, 15) is 13.2 Å². The van der Waals surface area contributed by atoms with E-state index in [1.807, 2.05) is 6.92 Å². The Morgan fingerprint density at radius 3 is 2.58 bits per heavy atom. The van der Waals surface area contributed by atoms with Gasteiger partial charge in [-0.25, -0.2) is 13.2 Å². The van der Waals surface area contributed by atoms with E-state index < -0.39 is 10.0 Å². The summed E-state index contributed by atoms with van der Waals surface area (Å²) in [6.45, 7) is 5.49. The first-order valence-corrected chi connectivity index (χ1v) is 10.1. The molecule has 0 aliphatic carbocycles. The van der Waals surface area contributed by atoms with Crippen LogP contribution in [0.2, 0.25) is 0 Å². The Morgan fingerprint density at radius 1 is 1.21 bits per heavy atom. The summed E-state index contributed by atoms with van der Waals surface area (Å²) in [6.07, 6.45) is 4.84. The van der Waals surface area contributed by atoms with Gasteiger partial charge in [-0.05, 0) is 50.6 Å². The van der Waals surface area contributed by atoms with Crippen LogP contribution in [0.4, 0.5) is 16.2 Å². The molecular formula is C16H26N4O3S. The molecule has 134 valence electrons. The first kappa shape index (κ1) is 18.5. The molecule has 8 heteroatoms. The van der Waals surface area contributed by atoms with Crippen molar-refractivity contribution >= 4 is 27.4 Å². The van der Waals surface area contributed by atoms with Gasteiger partial charge in [0.25, 0.3) is 0 Å². The minimum Gasteiger partial charge on any atom is -0.337 e. The number of benzene rings is 1. The van der Waals surface area contributed by atoms with E-state index in [1.165, 1.54) is 19.3 Å². The van der Waals surface area contributed by atoms with E-state index in [1.54, 1.807) is 18.2 Å². The molecule has 2 amide bonds. The predicted octanol–water partition coefficient (Wildman–Crippen LogP) is 1.97. The maximum absolute atomic E-state index is 12.0. The summed E-state index contributed by atoms with van der Waals surface area (Å²) in [5.41, 5.74) is 1.87. The number of aryl methyl sites for hydroxylation is 1. The van der Waals surface area contributed by atoms with E-state index in [0.717, 1.165) is 31.5 Å². The van der Waals surface area contributed by atoms with E-state index in [4.69, 9.17) is 0 Å². The number of sulfonamides is 1. The molecule has 3 N–H and O–H groups in total. The van der Waals surface area contributed by atoms with Gasteiger partial charge in [0.15, 0.2) is 0 Å². The van der Waals surface area contributed by atoms with Crippen molar-refractivity contribution in [1.82, 2.24) is 10.2 Å². The fourth-order valence-corrected chi connectivity index (χ4v) is 3.27. The molecule has 1 heterocycles. The third-order valence-electron chi connectivity index (χ3n) is 3.95. The Morgan fingerprint density at radius 2 is 1.92 bits per heavy atom. The molecule has 0 spiro atoms. The van der Waals surface area contributed by atoms with Crippen molar-refractivity contribution in [3.63, 3.8) is 0 Å². The monoisotopic (exact) mass is 354 g/mol. The lowest BCUT2D eigenvalue weighted by atomic mass is 10.1. The van der Waals surface area contributed by atoms with Crippen molar-refractivity contribution in [2.45, 2.75) is 26.2 Å². The van der Waals surface area contributed by atoms with Gasteiger partial charge < -0.3 is 15.5 Å². The van der Waals surface area contributed by atoms with Crippen LogP contribution in [-0.2, 0) is 10.0 Å². The molecule has 0 unspecified atom stereocenters. The minimum absolute atomic E-state index is 0.286. The molecule has 2 rings (SSSR count). The summed E-state index contributed by atoms with van der Waals surface area (Å²) in [7, 11) is -3.35. The maximum atomic E-state index is 12.0. The number of carbonyl (C=O) groups excluding carboxylic acids is 1. The second-order valence-corrected chi connectivity index (χ2v) is 7.94. The summed E-state index contributed by atoms with van der Waals surface area (Å²) in [4.78, 5) is 14.4. The van der Waals surface area contributed by atoms with Gasteiger partial charge in [0.2, 0.25) is 10.0 Å². The molecule has 1 aliphatic heterocycles. The van der Waals surface area contributed by atoms with Crippen molar-refractivity contribution in [3.05, 3.63) is 23.8 Å². The molecule has 1 aromatic carbocycles. The molecule has 1 saturated heterocycles. The van der Waals surface area contributed by atoms with Crippen LogP contribution in [0, 0.1) is 6.92 Å². The van der Waals surface area contributed by atoms with Gasteiger partial charge in [0.05, 0.1) is 11.9 Å². The fraction of sp³-hybridized carbons (Fsp3) is 0.562. The number of amides is 2. The Bertz CT molecular complexity index is 670. The molecular weight excluding hydrogens is 328 g/mol. The highest BCUT2D eigenvalue weighted by molar-refractivity contribution is 7.92. The number of likely N-dealkylation sites (tertiary alicyclic amines) is 1. The third kappa shape index (κ3) is 6.37. The zero-order valence-electron chi connectivity index (χ0n) is 14.3. The number of piperidine rings is 1. The normalized spacial score (nSPS) is 15.8. The van der Waals surface area contributed by atoms with Crippen LogP contribution < -0.4 is 15.4 Å². The Hall–Kier alpha value is -1.80. The summed E-state index contributed by atoms with van der Waals surface area (Å²) in [6, 6.07) is 4.75. The van der Waals surface area contributed by atoms with E-state index in [2.05, 4.69) is 20.3 Å². The summed E-state index contributed by atoms with van der Waals surface area (Å²) < 4.78 is 25.0. The number of anilines is 2. The second-order valence-electron chi connectivity index (χ2n) is 6.19. The predicted molar refractivity (Wildman–Crippen MR) is 97.0 cm³/mol. The number of urea groups is 1. The van der Waals surface area contributed by atoms with Gasteiger partial charge >= 0.3 is 6.03 Å². The zero-order chi connectivity index (χ0) is 17.6. The molecule has 24 heavy (non-hydrogen) atoms. The van der Waals surface area contributed by atoms with Gasteiger partial charge in [0, 0.05) is 18.8 Å². The first-order chi connectivity index (χ1) is 11.3. The lowest BCUT2D eigenvalue weighted by molar-refractivity contribution is 0.224. The smallest absolute Gasteiger partial charge is 0.319 e. The van der Waals surface area contributed by atoms with Crippen molar-refractivity contribution in [3.8, 4) is 0 Å².